The average Bonchev–Trinajstić information content (AvgIpc) is 2.32. The molecule has 0 aromatic heterocycles. The van der Waals surface area contributed by atoms with E-state index < -0.39 is 0 Å². The number of hydrogen-bond acceptors (Lipinski definition) is 3. The van der Waals surface area contributed by atoms with Crippen LogP contribution in [0.2, 0.25) is 0 Å². The highest BCUT2D eigenvalue weighted by Crippen LogP contribution is 2.23. The second-order valence-corrected chi connectivity index (χ2v) is 4.82. The molecule has 0 heterocycles. The Bertz CT molecular complexity index is 384. The van der Waals surface area contributed by atoms with Crippen molar-refractivity contribution in [3.05, 3.63) is 35.4 Å². The molecule has 0 radical (unpaired) electrons. The molecule has 0 aliphatic rings. The van der Waals surface area contributed by atoms with Crippen LogP contribution in [0.5, 0.6) is 0 Å². The summed E-state index contributed by atoms with van der Waals surface area (Å²) in [5.41, 5.74) is 2.17. The Morgan fingerprint density at radius 2 is 1.83 bits per heavy atom. The number of rotatable bonds is 5. The molecule has 0 N–H and O–H groups in total. The zero-order valence-corrected chi connectivity index (χ0v) is 11.9. The van der Waals surface area contributed by atoms with E-state index >= 15 is 0 Å². The smallest absolute Gasteiger partial charge is 0.327 e. The molecule has 100 valence electrons. The summed E-state index contributed by atoms with van der Waals surface area (Å²) in [4.78, 5) is 14.1. The summed E-state index contributed by atoms with van der Waals surface area (Å²) in [5, 5.41) is 0. The van der Waals surface area contributed by atoms with Gasteiger partial charge in [-0.15, -0.1) is 0 Å². The van der Waals surface area contributed by atoms with Crippen LogP contribution >= 0.6 is 0 Å². The number of aryl methyl sites for hydroxylation is 1. The average molecular weight is 249 g/mol. The first-order chi connectivity index (χ1) is 8.47. The van der Waals surface area contributed by atoms with E-state index in [0.29, 0.717) is 6.61 Å². The van der Waals surface area contributed by atoms with Crippen LogP contribution in [-0.4, -0.2) is 30.6 Å². The monoisotopic (exact) mass is 249 g/mol. The lowest BCUT2D eigenvalue weighted by Crippen LogP contribution is -2.36. The Morgan fingerprint density at radius 3 is 2.28 bits per heavy atom. The van der Waals surface area contributed by atoms with E-state index in [4.69, 9.17) is 4.74 Å². The van der Waals surface area contributed by atoms with Crippen LogP contribution in [0.3, 0.4) is 0 Å². The molecule has 0 amide bonds. The molecule has 0 saturated carbocycles. The van der Waals surface area contributed by atoms with E-state index in [9.17, 15) is 4.79 Å². The van der Waals surface area contributed by atoms with Crippen LogP contribution in [0, 0.1) is 6.92 Å². The Morgan fingerprint density at radius 1 is 1.28 bits per heavy atom. The van der Waals surface area contributed by atoms with Gasteiger partial charge in [0.25, 0.3) is 0 Å². The highest BCUT2D eigenvalue weighted by atomic mass is 16.5. The zero-order chi connectivity index (χ0) is 13.7. The highest BCUT2D eigenvalue weighted by Gasteiger charge is 2.27. The summed E-state index contributed by atoms with van der Waals surface area (Å²) in [6.07, 6.45) is 0. The molecule has 0 bridgehead atoms. The number of benzene rings is 1. The normalized spacial score (nSPS) is 12.8. The largest absolute Gasteiger partial charge is 0.465 e. The topological polar surface area (TPSA) is 29.5 Å². The number of likely N-dealkylation sites (N-methyl/N-ethyl adjacent to an activating group) is 1. The van der Waals surface area contributed by atoms with Crippen LogP contribution in [-0.2, 0) is 9.53 Å². The van der Waals surface area contributed by atoms with Crippen molar-refractivity contribution >= 4 is 5.97 Å². The molecule has 1 atom stereocenters. The first kappa shape index (κ1) is 14.7. The summed E-state index contributed by atoms with van der Waals surface area (Å²) >= 11 is 0. The Kier molecular flexibility index (Phi) is 5.35. The minimum Gasteiger partial charge on any atom is -0.465 e. The van der Waals surface area contributed by atoms with Gasteiger partial charge in [-0.05, 0) is 40.3 Å². The standard InChI is InChI=1S/C15H23NO2/c1-6-18-15(17)14(16(5)11(2)3)13-9-7-12(4)8-10-13/h7-11,14H,6H2,1-5H3. The number of ether oxygens (including phenoxy) is 1. The molecule has 3 heteroatoms. The van der Waals surface area contributed by atoms with Crippen LogP contribution < -0.4 is 0 Å². The lowest BCUT2D eigenvalue weighted by Gasteiger charge is -2.29. The van der Waals surface area contributed by atoms with Gasteiger partial charge < -0.3 is 4.74 Å². The van der Waals surface area contributed by atoms with E-state index in [1.54, 1.807) is 0 Å². The fourth-order valence-electron chi connectivity index (χ4n) is 1.81. The quantitative estimate of drug-likeness (QED) is 0.751. The molecule has 1 rings (SSSR count). The van der Waals surface area contributed by atoms with Gasteiger partial charge in [-0.1, -0.05) is 29.8 Å². The third-order valence-electron chi connectivity index (χ3n) is 3.12. The highest BCUT2D eigenvalue weighted by molar-refractivity contribution is 5.77. The fraction of sp³-hybridized carbons (Fsp3) is 0.533. The van der Waals surface area contributed by atoms with Gasteiger partial charge in [0.05, 0.1) is 6.61 Å². The summed E-state index contributed by atoms with van der Waals surface area (Å²) in [6.45, 7) is 8.42. The molecule has 0 aliphatic heterocycles. The van der Waals surface area contributed by atoms with Gasteiger partial charge in [0.1, 0.15) is 6.04 Å². The van der Waals surface area contributed by atoms with Crippen molar-refractivity contribution in [3.63, 3.8) is 0 Å². The number of carbonyl (C=O) groups is 1. The summed E-state index contributed by atoms with van der Waals surface area (Å²) in [7, 11) is 1.95. The molecular weight excluding hydrogens is 226 g/mol. The van der Waals surface area contributed by atoms with Crippen LogP contribution in [0.15, 0.2) is 24.3 Å². The van der Waals surface area contributed by atoms with Gasteiger partial charge in [0.2, 0.25) is 0 Å². The molecule has 18 heavy (non-hydrogen) atoms. The van der Waals surface area contributed by atoms with Crippen molar-refractivity contribution in [2.45, 2.75) is 39.8 Å². The molecule has 0 fully saturated rings. The maximum absolute atomic E-state index is 12.1. The SMILES string of the molecule is CCOC(=O)C(c1ccc(C)cc1)N(C)C(C)C. The van der Waals surface area contributed by atoms with Crippen LogP contribution in [0.4, 0.5) is 0 Å². The molecular formula is C15H23NO2. The molecule has 3 nitrogen and oxygen atoms in total. The maximum Gasteiger partial charge on any atom is 0.327 e. The van der Waals surface area contributed by atoms with Crippen molar-refractivity contribution in [2.75, 3.05) is 13.7 Å². The van der Waals surface area contributed by atoms with Gasteiger partial charge in [0, 0.05) is 6.04 Å². The summed E-state index contributed by atoms with van der Waals surface area (Å²) < 4.78 is 5.18. The minimum atomic E-state index is -0.328. The number of carbonyl (C=O) groups excluding carboxylic acids is 1. The molecule has 1 aromatic rings. The maximum atomic E-state index is 12.1. The molecule has 0 saturated heterocycles. The van der Waals surface area contributed by atoms with Gasteiger partial charge >= 0.3 is 5.97 Å². The predicted molar refractivity (Wildman–Crippen MR) is 73.5 cm³/mol. The van der Waals surface area contributed by atoms with Crippen molar-refractivity contribution in [2.24, 2.45) is 0 Å². The van der Waals surface area contributed by atoms with E-state index in [1.807, 2.05) is 50.1 Å². The minimum absolute atomic E-state index is 0.183. The first-order valence-electron chi connectivity index (χ1n) is 6.42. The number of nitrogens with zero attached hydrogens (tertiary/aromatic N) is 1. The van der Waals surface area contributed by atoms with Gasteiger partial charge in [-0.3, -0.25) is 4.90 Å². The Hall–Kier alpha value is -1.35. The van der Waals surface area contributed by atoms with Crippen molar-refractivity contribution < 1.29 is 9.53 Å². The van der Waals surface area contributed by atoms with E-state index in [2.05, 4.69) is 13.8 Å². The lowest BCUT2D eigenvalue weighted by molar-refractivity contribution is -0.150. The fourth-order valence-corrected chi connectivity index (χ4v) is 1.81. The predicted octanol–water partition coefficient (Wildman–Crippen LogP) is 2.94. The van der Waals surface area contributed by atoms with Crippen molar-refractivity contribution in [3.8, 4) is 0 Å². The van der Waals surface area contributed by atoms with E-state index in [1.165, 1.54) is 5.56 Å². The first-order valence-corrected chi connectivity index (χ1v) is 6.42. The van der Waals surface area contributed by atoms with Crippen LogP contribution in [0.25, 0.3) is 0 Å². The second kappa shape index (κ2) is 6.55. The third kappa shape index (κ3) is 3.57. The second-order valence-electron chi connectivity index (χ2n) is 4.82. The Labute approximate surface area is 110 Å². The van der Waals surface area contributed by atoms with Gasteiger partial charge in [0.15, 0.2) is 0 Å². The zero-order valence-electron chi connectivity index (χ0n) is 11.9. The van der Waals surface area contributed by atoms with E-state index in [-0.39, 0.29) is 18.1 Å². The number of esters is 1. The Balaban J connectivity index is 3.03. The third-order valence-corrected chi connectivity index (χ3v) is 3.12. The van der Waals surface area contributed by atoms with Gasteiger partial charge in [-0.2, -0.15) is 0 Å². The number of hydrogen-bond donors (Lipinski definition) is 0. The summed E-state index contributed by atoms with van der Waals surface area (Å²) in [5.74, 6) is -0.183. The summed E-state index contributed by atoms with van der Waals surface area (Å²) in [6, 6.07) is 7.99. The lowest BCUT2D eigenvalue weighted by atomic mass is 10.0. The van der Waals surface area contributed by atoms with Crippen molar-refractivity contribution in [1.82, 2.24) is 4.90 Å². The van der Waals surface area contributed by atoms with Crippen molar-refractivity contribution in [1.29, 1.82) is 0 Å². The molecule has 0 aliphatic carbocycles. The molecule has 1 aromatic carbocycles. The molecule has 0 spiro atoms. The van der Waals surface area contributed by atoms with Gasteiger partial charge in [-0.25, -0.2) is 4.79 Å². The van der Waals surface area contributed by atoms with E-state index in [0.717, 1.165) is 5.56 Å². The molecule has 1 unspecified atom stereocenters. The van der Waals surface area contributed by atoms with Crippen LogP contribution in [0.1, 0.15) is 37.9 Å².